The van der Waals surface area contributed by atoms with E-state index in [0.717, 1.165) is 17.4 Å². The normalized spacial score (nSPS) is 11.1. The second kappa shape index (κ2) is 5.82. The first-order valence-electron chi connectivity index (χ1n) is 4.87. The van der Waals surface area contributed by atoms with Gasteiger partial charge in [0, 0.05) is 0 Å². The van der Waals surface area contributed by atoms with E-state index in [0.29, 0.717) is 9.36 Å². The number of carboxylic acids is 1. The van der Waals surface area contributed by atoms with Gasteiger partial charge in [0.2, 0.25) is 0 Å². The van der Waals surface area contributed by atoms with Crippen LogP contribution in [0.4, 0.5) is 4.39 Å². The summed E-state index contributed by atoms with van der Waals surface area (Å²) >= 11 is 5.77. The van der Waals surface area contributed by atoms with Gasteiger partial charge in [-0.2, -0.15) is 0 Å². The fourth-order valence-electron chi connectivity index (χ4n) is 1.19. The van der Waals surface area contributed by atoms with E-state index in [-0.39, 0.29) is 15.3 Å². The predicted molar refractivity (Wildman–Crippen MR) is 70.2 cm³/mol. The van der Waals surface area contributed by atoms with Crippen LogP contribution in [0.2, 0.25) is 5.02 Å². The molecular formula is C11H5AsClFNO3S. The van der Waals surface area contributed by atoms with Gasteiger partial charge in [-0.1, -0.05) is 0 Å². The van der Waals surface area contributed by atoms with Crippen LogP contribution in [0.1, 0.15) is 20.8 Å². The maximum atomic E-state index is 13.0. The van der Waals surface area contributed by atoms with Gasteiger partial charge in [0.25, 0.3) is 0 Å². The average molecular weight is 361 g/mol. The number of benzene rings is 1. The zero-order valence-electron chi connectivity index (χ0n) is 9.13. The summed E-state index contributed by atoms with van der Waals surface area (Å²) < 4.78 is 13.3. The van der Waals surface area contributed by atoms with Crippen molar-refractivity contribution in [1.82, 2.24) is 4.98 Å². The summed E-state index contributed by atoms with van der Waals surface area (Å²) in [6, 6.07) is 3.74. The molecule has 0 saturated carbocycles. The van der Waals surface area contributed by atoms with Gasteiger partial charge >= 0.3 is 123 Å². The van der Waals surface area contributed by atoms with E-state index >= 15 is 0 Å². The van der Waals surface area contributed by atoms with Gasteiger partial charge in [0.1, 0.15) is 0 Å². The quantitative estimate of drug-likeness (QED) is 0.844. The maximum absolute atomic E-state index is 13.0. The number of aromatic nitrogens is 1. The fourth-order valence-corrected chi connectivity index (χ4v) is 4.30. The molecule has 2 aromatic rings. The van der Waals surface area contributed by atoms with Crippen LogP contribution in [0.3, 0.4) is 0 Å². The molecule has 1 aromatic carbocycles. The Kier molecular flexibility index (Phi) is 4.34. The number of carbonyl (C=O) groups is 2. The van der Waals surface area contributed by atoms with E-state index in [4.69, 9.17) is 16.7 Å². The number of hydrogen-bond donors (Lipinski definition) is 1. The Bertz CT molecular complexity index is 661. The van der Waals surface area contributed by atoms with Gasteiger partial charge in [-0.15, -0.1) is 0 Å². The number of thiazole rings is 1. The summed E-state index contributed by atoms with van der Waals surface area (Å²) in [6.45, 7) is 0. The second-order valence-corrected chi connectivity index (χ2v) is 7.50. The molecule has 1 radical (unpaired) electrons. The van der Waals surface area contributed by atoms with Crippen LogP contribution in [0.15, 0.2) is 23.6 Å². The minimum absolute atomic E-state index is 0.0692. The number of nitrogens with zero attached hydrogens (tertiary/aromatic N) is 1. The molecule has 0 atom stereocenters. The molecule has 1 aromatic heterocycles. The van der Waals surface area contributed by atoms with Crippen LogP contribution < -0.4 is 3.80 Å². The second-order valence-electron chi connectivity index (χ2n) is 3.37. The third kappa shape index (κ3) is 3.41. The molecule has 0 aliphatic heterocycles. The molecule has 1 heterocycles. The van der Waals surface area contributed by atoms with Crippen LogP contribution in [-0.4, -0.2) is 36.4 Å². The number of halogens is 2. The van der Waals surface area contributed by atoms with Crippen molar-refractivity contribution >= 4 is 53.0 Å². The van der Waals surface area contributed by atoms with E-state index in [1.54, 1.807) is 0 Å². The molecule has 2 rings (SSSR count). The van der Waals surface area contributed by atoms with Crippen molar-refractivity contribution in [1.29, 1.82) is 0 Å². The Hall–Kier alpha value is -1.23. The van der Waals surface area contributed by atoms with Gasteiger partial charge in [0.15, 0.2) is 0 Å². The summed E-state index contributed by atoms with van der Waals surface area (Å²) in [4.78, 5) is 26.4. The molecule has 0 amide bonds. The molecule has 0 spiro atoms. The first-order chi connectivity index (χ1) is 8.97. The van der Waals surface area contributed by atoms with Gasteiger partial charge < -0.3 is 0 Å². The zero-order valence-corrected chi connectivity index (χ0v) is 12.6. The molecular weight excluding hydrogens is 356 g/mol. The standard InChI is InChI=1S/C11H5AsClFNO3S/c13-6-3-5(1-2-7(6)14)9(16)12-11-15-8(4-19-11)10(17)18/h1-4H,(H,17,18). The van der Waals surface area contributed by atoms with Gasteiger partial charge in [0.05, 0.1) is 0 Å². The van der Waals surface area contributed by atoms with E-state index in [1.165, 1.54) is 17.5 Å². The van der Waals surface area contributed by atoms with E-state index in [2.05, 4.69) is 4.98 Å². The third-order valence-electron chi connectivity index (χ3n) is 2.07. The Labute approximate surface area is 122 Å². The molecule has 97 valence electrons. The van der Waals surface area contributed by atoms with Crippen molar-refractivity contribution < 1.29 is 19.1 Å². The summed E-state index contributed by atoms with van der Waals surface area (Å²) in [5.41, 5.74) is 0.235. The summed E-state index contributed by atoms with van der Waals surface area (Å²) in [5, 5.41) is 10.0. The Morgan fingerprint density at radius 2 is 2.16 bits per heavy atom. The number of hydrogen-bond acceptors (Lipinski definition) is 4. The van der Waals surface area contributed by atoms with E-state index in [1.807, 2.05) is 0 Å². The molecule has 0 bridgehead atoms. The number of carbonyl (C=O) groups excluding carboxylic acids is 1. The molecule has 4 nitrogen and oxygen atoms in total. The molecule has 19 heavy (non-hydrogen) atoms. The van der Waals surface area contributed by atoms with Crippen molar-refractivity contribution in [2.45, 2.75) is 0 Å². The van der Waals surface area contributed by atoms with Crippen LogP contribution in [0.5, 0.6) is 0 Å². The monoisotopic (exact) mass is 360 g/mol. The van der Waals surface area contributed by atoms with Crippen LogP contribution >= 0.6 is 22.9 Å². The molecule has 0 fully saturated rings. The van der Waals surface area contributed by atoms with Crippen molar-refractivity contribution in [3.63, 3.8) is 0 Å². The summed E-state index contributed by atoms with van der Waals surface area (Å²) in [7, 11) is 0. The van der Waals surface area contributed by atoms with Crippen molar-refractivity contribution in [3.8, 4) is 0 Å². The van der Waals surface area contributed by atoms with Gasteiger partial charge in [-0.3, -0.25) is 0 Å². The predicted octanol–water partition coefficient (Wildman–Crippen LogP) is 1.80. The van der Waals surface area contributed by atoms with Gasteiger partial charge in [-0.25, -0.2) is 0 Å². The molecule has 1 N–H and O–H groups in total. The van der Waals surface area contributed by atoms with Crippen LogP contribution in [0.25, 0.3) is 0 Å². The summed E-state index contributed by atoms with van der Waals surface area (Å²) in [6.07, 6.45) is 0. The van der Waals surface area contributed by atoms with E-state index in [9.17, 15) is 14.0 Å². The molecule has 0 saturated heterocycles. The van der Waals surface area contributed by atoms with Crippen molar-refractivity contribution in [3.05, 3.63) is 45.7 Å². The number of aromatic carboxylic acids is 1. The zero-order chi connectivity index (χ0) is 14.0. The number of carboxylic acid groups (broad SMARTS) is 1. The first kappa shape index (κ1) is 14.2. The first-order valence-corrected chi connectivity index (χ1v) is 8.00. The van der Waals surface area contributed by atoms with Crippen molar-refractivity contribution in [2.75, 3.05) is 0 Å². The van der Waals surface area contributed by atoms with Crippen molar-refractivity contribution in [2.24, 2.45) is 0 Å². The molecule has 0 aliphatic carbocycles. The Balaban J connectivity index is 2.15. The number of rotatable bonds is 4. The minimum atomic E-state index is -1.12. The SMILES string of the molecule is O=C([As]c1nc(C(=O)O)cs1)c1ccc(F)c(Cl)c1. The Morgan fingerprint density at radius 3 is 2.74 bits per heavy atom. The third-order valence-corrected chi connectivity index (χ3v) is 5.72. The Morgan fingerprint density at radius 1 is 1.42 bits per heavy atom. The summed E-state index contributed by atoms with van der Waals surface area (Å²) in [5.74, 6) is -1.71. The topological polar surface area (TPSA) is 67.3 Å². The molecule has 0 aliphatic rings. The van der Waals surface area contributed by atoms with Crippen LogP contribution in [0, 0.1) is 5.82 Å². The molecule has 0 unspecified atom stereocenters. The fraction of sp³-hybridized carbons (Fsp3) is 0. The molecule has 8 heteroatoms. The van der Waals surface area contributed by atoms with Gasteiger partial charge in [-0.05, 0) is 0 Å². The van der Waals surface area contributed by atoms with E-state index < -0.39 is 27.5 Å². The average Bonchev–Trinajstić information content (AvgIpc) is 2.81. The van der Waals surface area contributed by atoms with Crippen LogP contribution in [-0.2, 0) is 0 Å².